The Balaban J connectivity index is 1.71. The average Bonchev–Trinajstić information content (AvgIpc) is 2.63. The minimum absolute atomic E-state index is 0.0691. The third-order valence-corrected chi connectivity index (χ3v) is 5.62. The minimum atomic E-state index is -0.288. The maximum absolute atomic E-state index is 12.8. The van der Waals surface area contributed by atoms with Gasteiger partial charge in [-0.1, -0.05) is 19.8 Å². The monoisotopic (exact) mass is 331 g/mol. The fourth-order valence-electron chi connectivity index (χ4n) is 3.86. The van der Waals surface area contributed by atoms with Gasteiger partial charge < -0.3 is 15.3 Å². The molecule has 2 atom stereocenters. The average molecular weight is 331 g/mol. The van der Waals surface area contributed by atoms with E-state index in [2.05, 4.69) is 17.2 Å². The van der Waals surface area contributed by atoms with Gasteiger partial charge >= 0.3 is 0 Å². The van der Waals surface area contributed by atoms with Crippen LogP contribution in [0, 0.1) is 5.41 Å². The standard InChI is InChI=1S/C19H29N3O2/c1-19(10-4-3-9-16(19)23)14-21-17-15(8-7-11-20-17)18(24)22-12-5-2-6-13-22/h7-8,11,16,23H,2-6,9-10,12-14H2,1H3,(H,20,21). The summed E-state index contributed by atoms with van der Waals surface area (Å²) >= 11 is 0. The first-order valence-electron chi connectivity index (χ1n) is 9.26. The highest BCUT2D eigenvalue weighted by Crippen LogP contribution is 2.36. The van der Waals surface area contributed by atoms with Gasteiger partial charge in [0.15, 0.2) is 0 Å². The van der Waals surface area contributed by atoms with Crippen LogP contribution in [0.4, 0.5) is 5.82 Å². The largest absolute Gasteiger partial charge is 0.392 e. The van der Waals surface area contributed by atoms with Crippen LogP contribution in [0.5, 0.6) is 0 Å². The van der Waals surface area contributed by atoms with Gasteiger partial charge in [-0.05, 0) is 44.2 Å². The lowest BCUT2D eigenvalue weighted by Gasteiger charge is -2.38. The molecule has 5 heteroatoms. The molecular formula is C19H29N3O2. The molecule has 24 heavy (non-hydrogen) atoms. The molecule has 0 spiro atoms. The number of hydrogen-bond donors (Lipinski definition) is 2. The second-order valence-electron chi connectivity index (χ2n) is 7.52. The summed E-state index contributed by atoms with van der Waals surface area (Å²) in [5.74, 6) is 0.715. The van der Waals surface area contributed by atoms with Crippen molar-refractivity contribution in [2.75, 3.05) is 25.0 Å². The van der Waals surface area contributed by atoms with Crippen molar-refractivity contribution in [3.63, 3.8) is 0 Å². The third-order valence-electron chi connectivity index (χ3n) is 5.62. The second kappa shape index (κ2) is 7.51. The normalized spacial score (nSPS) is 27.8. The molecule has 5 nitrogen and oxygen atoms in total. The Hall–Kier alpha value is -1.62. The Labute approximate surface area is 144 Å². The topological polar surface area (TPSA) is 65.5 Å². The van der Waals surface area contributed by atoms with E-state index in [0.29, 0.717) is 17.9 Å². The number of rotatable bonds is 4. The van der Waals surface area contributed by atoms with Gasteiger partial charge in [-0.25, -0.2) is 4.98 Å². The molecule has 3 rings (SSSR count). The zero-order valence-electron chi connectivity index (χ0n) is 14.6. The molecule has 0 radical (unpaired) electrons. The van der Waals surface area contributed by atoms with E-state index in [1.54, 1.807) is 6.20 Å². The van der Waals surface area contributed by atoms with Gasteiger partial charge in [-0.2, -0.15) is 0 Å². The molecule has 2 fully saturated rings. The number of aliphatic hydroxyl groups excluding tert-OH is 1. The SMILES string of the molecule is CC1(CNc2ncccc2C(=O)N2CCCCC2)CCCCC1O. The Morgan fingerprint density at radius 1 is 1.33 bits per heavy atom. The van der Waals surface area contributed by atoms with Gasteiger partial charge in [0.05, 0.1) is 11.7 Å². The molecule has 1 amide bonds. The number of hydrogen-bond acceptors (Lipinski definition) is 4. The highest BCUT2D eigenvalue weighted by atomic mass is 16.3. The first-order chi connectivity index (χ1) is 11.6. The zero-order chi connectivity index (χ0) is 17.0. The van der Waals surface area contributed by atoms with E-state index in [1.165, 1.54) is 6.42 Å². The number of carbonyl (C=O) groups excluding carboxylic acids is 1. The van der Waals surface area contributed by atoms with E-state index < -0.39 is 0 Å². The first kappa shape index (κ1) is 17.2. The van der Waals surface area contributed by atoms with Crippen LogP contribution in [-0.4, -0.2) is 46.6 Å². The van der Waals surface area contributed by atoms with Crippen LogP contribution in [-0.2, 0) is 0 Å². The number of anilines is 1. The maximum atomic E-state index is 12.8. The lowest BCUT2D eigenvalue weighted by Crippen LogP contribution is -2.41. The van der Waals surface area contributed by atoms with Crippen molar-refractivity contribution in [1.82, 2.24) is 9.88 Å². The molecule has 1 aliphatic heterocycles. The Kier molecular flexibility index (Phi) is 5.39. The Morgan fingerprint density at radius 3 is 2.88 bits per heavy atom. The second-order valence-corrected chi connectivity index (χ2v) is 7.52. The van der Waals surface area contributed by atoms with Gasteiger partial charge in [0.1, 0.15) is 5.82 Å². The summed E-state index contributed by atoms with van der Waals surface area (Å²) in [5, 5.41) is 13.7. The maximum Gasteiger partial charge on any atom is 0.257 e. The molecule has 1 aromatic rings. The van der Waals surface area contributed by atoms with Gasteiger partial charge in [0.25, 0.3) is 5.91 Å². The van der Waals surface area contributed by atoms with Crippen molar-refractivity contribution in [3.05, 3.63) is 23.9 Å². The molecule has 1 aliphatic carbocycles. The van der Waals surface area contributed by atoms with Crippen LogP contribution in [0.1, 0.15) is 62.2 Å². The van der Waals surface area contributed by atoms with E-state index >= 15 is 0 Å². The fourth-order valence-corrected chi connectivity index (χ4v) is 3.86. The minimum Gasteiger partial charge on any atom is -0.392 e. The summed E-state index contributed by atoms with van der Waals surface area (Å²) in [6.07, 6.45) is 8.91. The Bertz CT molecular complexity index is 571. The lowest BCUT2D eigenvalue weighted by atomic mass is 9.73. The van der Waals surface area contributed by atoms with Crippen LogP contribution in [0.25, 0.3) is 0 Å². The molecule has 0 aromatic carbocycles. The van der Waals surface area contributed by atoms with E-state index in [0.717, 1.165) is 51.6 Å². The van der Waals surface area contributed by atoms with Crippen LogP contribution >= 0.6 is 0 Å². The molecule has 1 saturated carbocycles. The van der Waals surface area contributed by atoms with E-state index in [-0.39, 0.29) is 17.4 Å². The van der Waals surface area contributed by atoms with Crippen LogP contribution in [0.3, 0.4) is 0 Å². The number of piperidine rings is 1. The predicted octanol–water partition coefficient (Wildman–Crippen LogP) is 3.06. The summed E-state index contributed by atoms with van der Waals surface area (Å²) < 4.78 is 0. The van der Waals surface area contributed by atoms with Crippen molar-refractivity contribution < 1.29 is 9.90 Å². The quantitative estimate of drug-likeness (QED) is 0.890. The number of aliphatic hydroxyl groups is 1. The highest BCUT2D eigenvalue weighted by molar-refractivity contribution is 5.98. The van der Waals surface area contributed by atoms with E-state index in [1.807, 2.05) is 17.0 Å². The molecule has 1 aromatic heterocycles. The molecule has 0 bridgehead atoms. The van der Waals surface area contributed by atoms with Gasteiger partial charge in [-0.15, -0.1) is 0 Å². The number of pyridine rings is 1. The van der Waals surface area contributed by atoms with Crippen LogP contribution in [0.15, 0.2) is 18.3 Å². The van der Waals surface area contributed by atoms with E-state index in [9.17, 15) is 9.90 Å². The van der Waals surface area contributed by atoms with Crippen molar-refractivity contribution >= 4 is 11.7 Å². The molecule has 2 unspecified atom stereocenters. The predicted molar refractivity (Wildman–Crippen MR) is 95.1 cm³/mol. The summed E-state index contributed by atoms with van der Waals surface area (Å²) in [7, 11) is 0. The highest BCUT2D eigenvalue weighted by Gasteiger charge is 2.35. The zero-order valence-corrected chi connectivity index (χ0v) is 14.6. The summed E-state index contributed by atoms with van der Waals surface area (Å²) in [5.41, 5.74) is 0.495. The molecule has 2 N–H and O–H groups in total. The summed E-state index contributed by atoms with van der Waals surface area (Å²) in [6.45, 7) is 4.44. The molecule has 1 saturated heterocycles. The number of aromatic nitrogens is 1. The fraction of sp³-hybridized carbons (Fsp3) is 0.684. The molecule has 132 valence electrons. The number of nitrogens with zero attached hydrogens (tertiary/aromatic N) is 2. The van der Waals surface area contributed by atoms with Crippen molar-refractivity contribution in [2.24, 2.45) is 5.41 Å². The first-order valence-corrected chi connectivity index (χ1v) is 9.26. The van der Waals surface area contributed by atoms with Gasteiger partial charge in [0, 0.05) is 31.2 Å². The van der Waals surface area contributed by atoms with E-state index in [4.69, 9.17) is 0 Å². The molecule has 2 heterocycles. The van der Waals surface area contributed by atoms with Gasteiger partial charge in [0.2, 0.25) is 0 Å². The number of amides is 1. The van der Waals surface area contributed by atoms with Crippen molar-refractivity contribution in [2.45, 2.75) is 58.0 Å². The smallest absolute Gasteiger partial charge is 0.257 e. The molecular weight excluding hydrogens is 302 g/mol. The van der Waals surface area contributed by atoms with Crippen LogP contribution < -0.4 is 5.32 Å². The Morgan fingerprint density at radius 2 is 2.12 bits per heavy atom. The lowest BCUT2D eigenvalue weighted by molar-refractivity contribution is 0.00957. The number of likely N-dealkylation sites (tertiary alicyclic amines) is 1. The third kappa shape index (κ3) is 3.72. The van der Waals surface area contributed by atoms with Crippen molar-refractivity contribution in [1.29, 1.82) is 0 Å². The molecule has 2 aliphatic rings. The number of carbonyl (C=O) groups is 1. The number of nitrogens with one attached hydrogen (secondary N) is 1. The summed E-state index contributed by atoms with van der Waals surface area (Å²) in [6, 6.07) is 3.67. The van der Waals surface area contributed by atoms with Crippen LogP contribution in [0.2, 0.25) is 0 Å². The van der Waals surface area contributed by atoms with Gasteiger partial charge in [-0.3, -0.25) is 4.79 Å². The van der Waals surface area contributed by atoms with Crippen molar-refractivity contribution in [3.8, 4) is 0 Å². The summed E-state index contributed by atoms with van der Waals surface area (Å²) in [4.78, 5) is 19.1.